The Kier molecular flexibility index (Phi) is 4.65. The highest BCUT2D eigenvalue weighted by atomic mass is 16.5. The van der Waals surface area contributed by atoms with E-state index in [-0.39, 0.29) is 23.8 Å². The second-order valence-corrected chi connectivity index (χ2v) is 6.73. The van der Waals surface area contributed by atoms with Gasteiger partial charge < -0.3 is 9.64 Å². The molecule has 2 heterocycles. The van der Waals surface area contributed by atoms with Crippen LogP contribution in [0.5, 0.6) is 0 Å². The molecule has 0 saturated carbocycles. The predicted molar refractivity (Wildman–Crippen MR) is 103 cm³/mol. The lowest BCUT2D eigenvalue weighted by Gasteiger charge is -2.28. The fourth-order valence-electron chi connectivity index (χ4n) is 3.45. The molecule has 0 atom stereocenters. The van der Waals surface area contributed by atoms with Crippen molar-refractivity contribution in [1.82, 2.24) is 14.7 Å². The Morgan fingerprint density at radius 2 is 1.71 bits per heavy atom. The van der Waals surface area contributed by atoms with Crippen LogP contribution in [0.15, 0.2) is 53.3 Å². The first-order valence-electron chi connectivity index (χ1n) is 9.02. The molecule has 0 saturated heterocycles. The van der Waals surface area contributed by atoms with Crippen molar-refractivity contribution in [1.29, 1.82) is 0 Å². The first kappa shape index (κ1) is 17.9. The second kappa shape index (κ2) is 7.26. The highest BCUT2D eigenvalue weighted by Crippen LogP contribution is 2.19. The number of nitrogens with zero attached hydrogens (tertiary/aromatic N) is 3. The normalized spacial score (nSPS) is 13.2. The Bertz CT molecular complexity index is 1140. The molecule has 3 aromatic rings. The molecular weight excluding hydrogens is 358 g/mol. The van der Waals surface area contributed by atoms with Gasteiger partial charge in [-0.1, -0.05) is 42.5 Å². The lowest BCUT2D eigenvalue weighted by Crippen LogP contribution is -2.38. The molecule has 142 valence electrons. The van der Waals surface area contributed by atoms with E-state index in [1.807, 2.05) is 18.2 Å². The van der Waals surface area contributed by atoms with Gasteiger partial charge in [0.2, 0.25) is 0 Å². The van der Waals surface area contributed by atoms with Crippen molar-refractivity contribution in [3.8, 4) is 0 Å². The smallest absolute Gasteiger partial charge is 0.359 e. The summed E-state index contributed by atoms with van der Waals surface area (Å²) in [6.45, 7) is 0.738. The molecule has 0 fully saturated rings. The lowest BCUT2D eigenvalue weighted by atomic mass is 10.00. The summed E-state index contributed by atoms with van der Waals surface area (Å²) >= 11 is 0. The van der Waals surface area contributed by atoms with E-state index in [2.05, 4.69) is 11.2 Å². The van der Waals surface area contributed by atoms with E-state index in [9.17, 15) is 14.4 Å². The van der Waals surface area contributed by atoms with Crippen molar-refractivity contribution < 1.29 is 14.3 Å². The summed E-state index contributed by atoms with van der Waals surface area (Å²) in [4.78, 5) is 38.9. The largest absolute Gasteiger partial charge is 0.451 e. The van der Waals surface area contributed by atoms with Crippen LogP contribution in [-0.2, 0) is 29.5 Å². The number of carbonyl (C=O) groups excluding carboxylic acids is 2. The topological polar surface area (TPSA) is 81.5 Å². The van der Waals surface area contributed by atoms with E-state index < -0.39 is 5.97 Å². The van der Waals surface area contributed by atoms with Gasteiger partial charge in [-0.2, -0.15) is 5.10 Å². The van der Waals surface area contributed by atoms with Gasteiger partial charge in [0.15, 0.2) is 12.3 Å². The number of ether oxygens (including phenoxy) is 1. The molecule has 28 heavy (non-hydrogen) atoms. The molecule has 0 N–H and O–H groups in total. The molecule has 1 aliphatic rings. The highest BCUT2D eigenvalue weighted by Gasteiger charge is 2.23. The number of amides is 1. The molecule has 7 heteroatoms. The highest BCUT2D eigenvalue weighted by molar-refractivity contribution is 6.02. The maximum Gasteiger partial charge on any atom is 0.359 e. The summed E-state index contributed by atoms with van der Waals surface area (Å²) in [5.41, 5.74) is 2.08. The summed E-state index contributed by atoms with van der Waals surface area (Å²) < 4.78 is 6.33. The van der Waals surface area contributed by atoms with Gasteiger partial charge >= 0.3 is 5.97 Å². The lowest BCUT2D eigenvalue weighted by molar-refractivity contribution is -0.135. The molecule has 2 aromatic carbocycles. The Morgan fingerprint density at radius 1 is 1.04 bits per heavy atom. The van der Waals surface area contributed by atoms with Crippen molar-refractivity contribution in [3.05, 3.63) is 75.7 Å². The van der Waals surface area contributed by atoms with Crippen molar-refractivity contribution in [3.63, 3.8) is 0 Å². The van der Waals surface area contributed by atoms with Gasteiger partial charge in [-0.3, -0.25) is 9.59 Å². The van der Waals surface area contributed by atoms with Crippen LogP contribution in [0.4, 0.5) is 0 Å². The molecule has 0 aliphatic carbocycles. The number of fused-ring (bicyclic) bond motifs is 2. The van der Waals surface area contributed by atoms with E-state index >= 15 is 0 Å². The third kappa shape index (κ3) is 3.26. The average Bonchev–Trinajstić information content (AvgIpc) is 2.74. The number of rotatable bonds is 3. The summed E-state index contributed by atoms with van der Waals surface area (Å²) in [7, 11) is 1.47. The number of aromatic nitrogens is 2. The van der Waals surface area contributed by atoms with Crippen LogP contribution in [0.2, 0.25) is 0 Å². The molecule has 7 nitrogen and oxygen atoms in total. The Morgan fingerprint density at radius 3 is 2.50 bits per heavy atom. The number of hydrogen-bond donors (Lipinski definition) is 0. The van der Waals surface area contributed by atoms with Gasteiger partial charge in [0, 0.05) is 25.5 Å². The van der Waals surface area contributed by atoms with Gasteiger partial charge in [-0.15, -0.1) is 0 Å². The monoisotopic (exact) mass is 377 g/mol. The zero-order chi connectivity index (χ0) is 19.7. The number of hydrogen-bond acceptors (Lipinski definition) is 5. The van der Waals surface area contributed by atoms with Crippen LogP contribution in [0, 0.1) is 0 Å². The minimum absolute atomic E-state index is 0.0227. The zero-order valence-electron chi connectivity index (χ0n) is 15.4. The van der Waals surface area contributed by atoms with Gasteiger partial charge in [-0.05, 0) is 23.6 Å². The number of aryl methyl sites for hydroxylation is 1. The number of esters is 1. The van der Waals surface area contributed by atoms with Crippen LogP contribution in [0.25, 0.3) is 10.8 Å². The van der Waals surface area contributed by atoms with Gasteiger partial charge in [0.05, 0.1) is 5.39 Å². The predicted octanol–water partition coefficient (Wildman–Crippen LogP) is 1.68. The van der Waals surface area contributed by atoms with Crippen molar-refractivity contribution in [2.24, 2.45) is 7.05 Å². The molecular formula is C21H19N3O4. The molecule has 0 bridgehead atoms. The SMILES string of the molecule is Cn1nc(C(=O)OCC(=O)N2CCc3ccccc3C2)c2ccccc2c1=O. The fraction of sp³-hybridized carbons (Fsp3) is 0.238. The van der Waals surface area contributed by atoms with Crippen LogP contribution in [0.1, 0.15) is 21.6 Å². The molecule has 0 unspecified atom stereocenters. The van der Waals surface area contributed by atoms with E-state index in [4.69, 9.17) is 4.74 Å². The third-order valence-electron chi connectivity index (χ3n) is 4.96. The Hall–Kier alpha value is -3.48. The van der Waals surface area contributed by atoms with Gasteiger partial charge in [0.1, 0.15) is 0 Å². The van der Waals surface area contributed by atoms with Crippen LogP contribution >= 0.6 is 0 Å². The summed E-state index contributed by atoms with van der Waals surface area (Å²) in [6, 6.07) is 14.7. The first-order valence-corrected chi connectivity index (χ1v) is 9.02. The quantitative estimate of drug-likeness (QED) is 0.649. The van der Waals surface area contributed by atoms with Crippen molar-refractivity contribution >= 4 is 22.6 Å². The first-order chi connectivity index (χ1) is 13.5. The minimum Gasteiger partial charge on any atom is -0.451 e. The van der Waals surface area contributed by atoms with Crippen LogP contribution < -0.4 is 5.56 Å². The summed E-state index contributed by atoms with van der Waals surface area (Å²) in [5, 5.41) is 4.82. The minimum atomic E-state index is -0.724. The third-order valence-corrected chi connectivity index (χ3v) is 4.96. The van der Waals surface area contributed by atoms with E-state index in [1.165, 1.54) is 12.6 Å². The number of benzene rings is 2. The summed E-state index contributed by atoms with van der Waals surface area (Å²) in [5.74, 6) is -0.977. The second-order valence-electron chi connectivity index (χ2n) is 6.73. The number of carbonyl (C=O) groups is 2. The molecule has 1 aliphatic heterocycles. The maximum absolute atomic E-state index is 12.5. The molecule has 0 spiro atoms. The molecule has 4 rings (SSSR count). The Labute approximate surface area is 161 Å². The van der Waals surface area contributed by atoms with E-state index in [0.717, 1.165) is 16.7 Å². The van der Waals surface area contributed by atoms with Crippen LogP contribution in [-0.4, -0.2) is 39.7 Å². The van der Waals surface area contributed by atoms with Crippen molar-refractivity contribution in [2.45, 2.75) is 13.0 Å². The standard InChI is InChI=1S/C21H19N3O4/c1-23-20(26)17-9-5-4-8-16(17)19(22-23)21(27)28-13-18(25)24-11-10-14-6-2-3-7-15(14)12-24/h2-9H,10-13H2,1H3. The van der Waals surface area contributed by atoms with Crippen LogP contribution in [0.3, 0.4) is 0 Å². The molecule has 0 radical (unpaired) electrons. The summed E-state index contributed by atoms with van der Waals surface area (Å²) in [6.07, 6.45) is 0.781. The zero-order valence-corrected chi connectivity index (χ0v) is 15.4. The Balaban J connectivity index is 1.48. The van der Waals surface area contributed by atoms with Crippen molar-refractivity contribution in [2.75, 3.05) is 13.2 Å². The van der Waals surface area contributed by atoms with E-state index in [0.29, 0.717) is 23.9 Å². The average molecular weight is 377 g/mol. The van der Waals surface area contributed by atoms with Gasteiger partial charge in [0.25, 0.3) is 11.5 Å². The fourth-order valence-corrected chi connectivity index (χ4v) is 3.45. The van der Waals surface area contributed by atoms with E-state index in [1.54, 1.807) is 29.2 Å². The molecule has 1 aromatic heterocycles. The van der Waals surface area contributed by atoms with Gasteiger partial charge in [-0.25, -0.2) is 9.48 Å². The molecule has 1 amide bonds. The maximum atomic E-state index is 12.5.